The van der Waals surface area contributed by atoms with E-state index >= 15 is 0 Å². The standard InChI is InChI=1S/C36H55F2N3O8/c1-20-18-35(5,46)30(49-34-28(42)27(40(6)7)16-21(2)47-34)22(3)29(48-33(45)24-12-14-36(37,38)15-13-24)23(4)31(43)39-26-11-9-10-25(17-26)32(44)41(8)19-20/h9-11,17,20-24,27-30,34,42,46H,12-16,18-19H2,1-8H3,(H,39,43)/t20-,21-,22+,23-,27+,28-,29+,30-,34+,35-/m1/s1. The number of halogens is 2. The number of amides is 2. The first-order valence-corrected chi connectivity index (χ1v) is 17.4. The Kier molecular flexibility index (Phi) is 12.5. The van der Waals surface area contributed by atoms with Gasteiger partial charge in [0.15, 0.2) is 6.29 Å². The average molecular weight is 696 g/mol. The van der Waals surface area contributed by atoms with Crippen molar-refractivity contribution in [1.29, 1.82) is 0 Å². The molecule has 49 heavy (non-hydrogen) atoms. The number of aliphatic hydroxyl groups is 2. The summed E-state index contributed by atoms with van der Waals surface area (Å²) in [5.41, 5.74) is -0.916. The van der Waals surface area contributed by atoms with Gasteiger partial charge in [-0.05, 0) is 77.7 Å². The monoisotopic (exact) mass is 695 g/mol. The number of fused-ring (bicyclic) bond motifs is 2. The molecule has 1 aromatic rings. The van der Waals surface area contributed by atoms with Crippen LogP contribution in [-0.4, -0.2) is 114 Å². The SMILES string of the molecule is C[C@H]1CN(C)C(=O)c2cccc(c2)NC(=O)[C@H](C)[C@@H](OC(=O)C2CCC(F)(F)CC2)[C@H](C)[C@@H](O[C@@H]2O[C@H](C)C[C@H](N(C)C)[C@H]2O)[C@](C)(O)C1. The van der Waals surface area contributed by atoms with Gasteiger partial charge in [0.25, 0.3) is 5.91 Å². The van der Waals surface area contributed by atoms with Crippen LogP contribution in [0.2, 0.25) is 0 Å². The van der Waals surface area contributed by atoms with Crippen LogP contribution in [0.4, 0.5) is 14.5 Å². The fourth-order valence-electron chi connectivity index (χ4n) is 7.77. The molecule has 0 radical (unpaired) electrons. The van der Waals surface area contributed by atoms with Gasteiger partial charge < -0.3 is 39.5 Å². The van der Waals surface area contributed by atoms with Gasteiger partial charge in [0, 0.05) is 49.6 Å². The Morgan fingerprint density at radius 2 is 1.78 bits per heavy atom. The third-order valence-electron chi connectivity index (χ3n) is 10.4. The maximum Gasteiger partial charge on any atom is 0.309 e. The van der Waals surface area contributed by atoms with Gasteiger partial charge in [-0.15, -0.1) is 0 Å². The highest BCUT2D eigenvalue weighted by Crippen LogP contribution is 2.39. The first-order valence-electron chi connectivity index (χ1n) is 17.4. The average Bonchev–Trinajstić information content (AvgIpc) is 3.01. The van der Waals surface area contributed by atoms with Crippen LogP contribution in [0.15, 0.2) is 24.3 Å². The summed E-state index contributed by atoms with van der Waals surface area (Å²) in [6.07, 6.45) is -5.19. The Morgan fingerprint density at radius 1 is 1.12 bits per heavy atom. The van der Waals surface area contributed by atoms with Crippen molar-refractivity contribution in [3.05, 3.63) is 29.8 Å². The van der Waals surface area contributed by atoms with Crippen molar-refractivity contribution < 1.29 is 47.6 Å². The van der Waals surface area contributed by atoms with E-state index in [-0.39, 0.29) is 49.8 Å². The molecule has 2 fully saturated rings. The first kappa shape index (κ1) is 39.1. The largest absolute Gasteiger partial charge is 0.461 e. The number of esters is 1. The zero-order valence-electron chi connectivity index (χ0n) is 30.0. The van der Waals surface area contributed by atoms with Crippen LogP contribution in [0.3, 0.4) is 0 Å². The van der Waals surface area contributed by atoms with Crippen molar-refractivity contribution in [2.75, 3.05) is 33.0 Å². The van der Waals surface area contributed by atoms with Gasteiger partial charge in [-0.1, -0.05) is 26.8 Å². The van der Waals surface area contributed by atoms with E-state index in [9.17, 15) is 33.4 Å². The molecule has 4 rings (SSSR count). The molecule has 11 nitrogen and oxygen atoms in total. The fourth-order valence-corrected chi connectivity index (χ4v) is 7.77. The molecule has 1 saturated heterocycles. The number of benzene rings is 1. The number of carbonyl (C=O) groups is 3. The van der Waals surface area contributed by atoms with E-state index in [1.165, 1.54) is 0 Å². The third-order valence-corrected chi connectivity index (χ3v) is 10.4. The van der Waals surface area contributed by atoms with Crippen LogP contribution < -0.4 is 5.32 Å². The minimum absolute atomic E-state index is 0.0527. The molecular formula is C36H55F2N3O8. The van der Waals surface area contributed by atoms with E-state index in [1.54, 1.807) is 57.0 Å². The second-order valence-electron chi connectivity index (χ2n) is 15.2. The summed E-state index contributed by atoms with van der Waals surface area (Å²) < 4.78 is 46.7. The van der Waals surface area contributed by atoms with Crippen LogP contribution in [-0.2, 0) is 23.8 Å². The second-order valence-corrected chi connectivity index (χ2v) is 15.2. The summed E-state index contributed by atoms with van der Waals surface area (Å²) in [6, 6.07) is 6.22. The highest BCUT2D eigenvalue weighted by Gasteiger charge is 2.49. The van der Waals surface area contributed by atoms with E-state index in [0.717, 1.165) is 0 Å². The van der Waals surface area contributed by atoms with Crippen LogP contribution in [0.1, 0.15) is 83.5 Å². The van der Waals surface area contributed by atoms with Crippen molar-refractivity contribution in [3.63, 3.8) is 0 Å². The number of hydrogen-bond donors (Lipinski definition) is 3. The number of ether oxygens (including phenoxy) is 3. The molecule has 2 bridgehead atoms. The second kappa shape index (κ2) is 15.7. The predicted molar refractivity (Wildman–Crippen MR) is 179 cm³/mol. The number of likely N-dealkylation sites (N-methyl/N-ethyl adjacent to an activating group) is 1. The van der Waals surface area contributed by atoms with Crippen molar-refractivity contribution in [1.82, 2.24) is 9.80 Å². The number of rotatable bonds is 5. The van der Waals surface area contributed by atoms with E-state index in [2.05, 4.69) is 5.32 Å². The number of anilines is 1. The Hall–Kier alpha value is -2.71. The number of nitrogens with one attached hydrogen (secondary N) is 1. The Labute approximate surface area is 288 Å². The predicted octanol–water partition coefficient (Wildman–Crippen LogP) is 4.31. The van der Waals surface area contributed by atoms with Crippen LogP contribution in [0.25, 0.3) is 0 Å². The number of alkyl halides is 2. The molecule has 1 saturated carbocycles. The van der Waals surface area contributed by atoms with Crippen molar-refractivity contribution >= 4 is 23.5 Å². The lowest BCUT2D eigenvalue weighted by Crippen LogP contribution is -2.59. The minimum Gasteiger partial charge on any atom is -0.461 e. The van der Waals surface area contributed by atoms with Gasteiger partial charge in [0.2, 0.25) is 11.8 Å². The molecule has 0 spiro atoms. The van der Waals surface area contributed by atoms with E-state index in [4.69, 9.17) is 14.2 Å². The lowest BCUT2D eigenvalue weighted by molar-refractivity contribution is -0.299. The lowest BCUT2D eigenvalue weighted by Gasteiger charge is -2.47. The highest BCUT2D eigenvalue weighted by atomic mass is 19.3. The molecule has 10 atom stereocenters. The molecule has 1 aliphatic carbocycles. The summed E-state index contributed by atoms with van der Waals surface area (Å²) >= 11 is 0. The van der Waals surface area contributed by atoms with Gasteiger partial charge >= 0.3 is 5.97 Å². The number of carbonyl (C=O) groups excluding carboxylic acids is 3. The van der Waals surface area contributed by atoms with Crippen molar-refractivity contribution in [2.24, 2.45) is 23.7 Å². The van der Waals surface area contributed by atoms with E-state index in [1.807, 2.05) is 32.8 Å². The number of aliphatic hydroxyl groups excluding tert-OH is 1. The summed E-state index contributed by atoms with van der Waals surface area (Å²) in [5.74, 6) is -7.22. The van der Waals surface area contributed by atoms with Gasteiger partial charge in [-0.3, -0.25) is 14.4 Å². The summed E-state index contributed by atoms with van der Waals surface area (Å²) in [7, 11) is 5.36. The van der Waals surface area contributed by atoms with Gasteiger partial charge in [0.1, 0.15) is 12.2 Å². The molecule has 2 heterocycles. The van der Waals surface area contributed by atoms with Crippen LogP contribution in [0, 0.1) is 23.7 Å². The molecule has 1 aromatic carbocycles. The maximum atomic E-state index is 14.0. The summed E-state index contributed by atoms with van der Waals surface area (Å²) in [6.45, 7) is 8.93. The fraction of sp³-hybridized carbons (Fsp3) is 0.750. The maximum absolute atomic E-state index is 14.0. The Morgan fingerprint density at radius 3 is 2.41 bits per heavy atom. The quantitative estimate of drug-likeness (QED) is 0.385. The summed E-state index contributed by atoms with van der Waals surface area (Å²) in [4.78, 5) is 44.3. The lowest BCUT2D eigenvalue weighted by atomic mass is 9.77. The summed E-state index contributed by atoms with van der Waals surface area (Å²) in [5, 5.41) is 26.5. The molecule has 0 unspecified atom stereocenters. The smallest absolute Gasteiger partial charge is 0.309 e. The topological polar surface area (TPSA) is 138 Å². The zero-order valence-corrected chi connectivity index (χ0v) is 30.0. The third kappa shape index (κ3) is 9.55. The van der Waals surface area contributed by atoms with Crippen LogP contribution >= 0.6 is 0 Å². The van der Waals surface area contributed by atoms with Crippen molar-refractivity contribution in [3.8, 4) is 0 Å². The molecule has 13 heteroatoms. The molecule has 0 aromatic heterocycles. The molecule has 276 valence electrons. The van der Waals surface area contributed by atoms with Crippen molar-refractivity contribution in [2.45, 2.75) is 121 Å². The molecule has 3 N–H and O–H groups in total. The van der Waals surface area contributed by atoms with Gasteiger partial charge in [-0.2, -0.15) is 0 Å². The Bertz CT molecular complexity index is 1320. The van der Waals surface area contributed by atoms with E-state index < -0.39 is 78.6 Å². The number of hydrogen-bond acceptors (Lipinski definition) is 9. The number of nitrogens with zero attached hydrogens (tertiary/aromatic N) is 2. The zero-order chi connectivity index (χ0) is 36.4. The van der Waals surface area contributed by atoms with Gasteiger partial charge in [-0.25, -0.2) is 8.78 Å². The first-order chi connectivity index (χ1) is 22.8. The molecular weight excluding hydrogens is 640 g/mol. The molecule has 2 aliphatic heterocycles. The van der Waals surface area contributed by atoms with Gasteiger partial charge in [0.05, 0.1) is 29.6 Å². The van der Waals surface area contributed by atoms with Crippen LogP contribution in [0.5, 0.6) is 0 Å². The van der Waals surface area contributed by atoms with E-state index in [0.29, 0.717) is 17.7 Å². The highest BCUT2D eigenvalue weighted by molar-refractivity contribution is 5.97. The minimum atomic E-state index is -2.85. The normalized spacial score (nSPS) is 36.8. The molecule has 2 amide bonds. The Balaban J connectivity index is 1.76. The molecule has 3 aliphatic rings.